The van der Waals surface area contributed by atoms with Crippen LogP contribution in [-0.2, 0) is 16.0 Å². The summed E-state index contributed by atoms with van der Waals surface area (Å²) in [5.74, 6) is 0.614. The fourth-order valence-electron chi connectivity index (χ4n) is 3.75. The largest absolute Gasteiger partial charge is 0.491 e. The SMILES string of the molecule is CCNC(=O)N(CCCOC)CC(=O)N1CCc2sccc2C1COc1ccc(Cl)cc1. The van der Waals surface area contributed by atoms with E-state index in [1.54, 1.807) is 35.5 Å². The number of halogens is 1. The Morgan fingerprint density at radius 3 is 2.78 bits per heavy atom. The summed E-state index contributed by atoms with van der Waals surface area (Å²) in [5, 5.41) is 5.50. The Balaban J connectivity index is 1.72. The van der Waals surface area contributed by atoms with Gasteiger partial charge in [0.1, 0.15) is 18.9 Å². The molecule has 2 aromatic rings. The van der Waals surface area contributed by atoms with E-state index < -0.39 is 0 Å². The van der Waals surface area contributed by atoms with Crippen LogP contribution in [0.5, 0.6) is 5.75 Å². The summed E-state index contributed by atoms with van der Waals surface area (Å²) < 4.78 is 11.1. The molecule has 1 aliphatic rings. The van der Waals surface area contributed by atoms with Crippen molar-refractivity contribution in [1.82, 2.24) is 15.1 Å². The van der Waals surface area contributed by atoms with Gasteiger partial charge < -0.3 is 24.6 Å². The van der Waals surface area contributed by atoms with Gasteiger partial charge in [0.2, 0.25) is 5.91 Å². The molecular weight excluding hydrogens is 450 g/mol. The standard InChI is InChI=1S/C23H30ClN3O4S/c1-3-25-23(29)26(11-4-13-30-2)15-22(28)27-12-9-21-19(10-14-32-21)20(27)16-31-18-7-5-17(24)6-8-18/h5-8,10,14,20H,3-4,9,11-13,15-16H2,1-2H3,(H,25,29). The van der Waals surface area contributed by atoms with E-state index in [-0.39, 0.29) is 24.5 Å². The molecule has 9 heteroatoms. The van der Waals surface area contributed by atoms with Crippen LogP contribution in [0.3, 0.4) is 0 Å². The maximum absolute atomic E-state index is 13.4. The molecule has 174 valence electrons. The van der Waals surface area contributed by atoms with Crippen molar-refractivity contribution in [3.05, 3.63) is 51.2 Å². The van der Waals surface area contributed by atoms with Crippen LogP contribution in [0, 0.1) is 0 Å². The number of carbonyl (C=O) groups excluding carboxylic acids is 2. The lowest BCUT2D eigenvalue weighted by molar-refractivity contribution is -0.135. The van der Waals surface area contributed by atoms with Crippen LogP contribution in [0.15, 0.2) is 35.7 Å². The first-order chi connectivity index (χ1) is 15.5. The zero-order chi connectivity index (χ0) is 22.9. The molecule has 0 spiro atoms. The lowest BCUT2D eigenvalue weighted by atomic mass is 10.0. The monoisotopic (exact) mass is 479 g/mol. The van der Waals surface area contributed by atoms with Crippen molar-refractivity contribution < 1.29 is 19.1 Å². The van der Waals surface area contributed by atoms with Crippen LogP contribution in [0.25, 0.3) is 0 Å². The Bertz CT molecular complexity index is 890. The lowest BCUT2D eigenvalue weighted by Crippen LogP contribution is -2.50. The average Bonchev–Trinajstić information content (AvgIpc) is 3.27. The predicted octanol–water partition coefficient (Wildman–Crippen LogP) is 3.97. The van der Waals surface area contributed by atoms with E-state index in [0.717, 1.165) is 12.0 Å². The number of nitrogens with zero attached hydrogens (tertiary/aromatic N) is 2. The number of fused-ring (bicyclic) bond motifs is 1. The number of carbonyl (C=O) groups is 2. The smallest absolute Gasteiger partial charge is 0.317 e. The number of methoxy groups -OCH3 is 1. The third-order valence-corrected chi connectivity index (χ3v) is 6.60. The third-order valence-electron chi connectivity index (χ3n) is 5.35. The number of nitrogens with one attached hydrogen (secondary N) is 1. The summed E-state index contributed by atoms with van der Waals surface area (Å²) in [5.41, 5.74) is 1.12. The molecule has 0 radical (unpaired) electrons. The molecule has 0 fully saturated rings. The van der Waals surface area contributed by atoms with Crippen LogP contribution >= 0.6 is 22.9 Å². The highest BCUT2D eigenvalue weighted by atomic mass is 35.5. The van der Waals surface area contributed by atoms with Crippen molar-refractivity contribution in [3.63, 3.8) is 0 Å². The van der Waals surface area contributed by atoms with E-state index >= 15 is 0 Å². The molecule has 1 unspecified atom stereocenters. The first-order valence-corrected chi connectivity index (χ1v) is 12.0. The number of benzene rings is 1. The zero-order valence-corrected chi connectivity index (χ0v) is 20.1. The molecule has 0 saturated carbocycles. The molecule has 1 atom stereocenters. The van der Waals surface area contributed by atoms with Crippen LogP contribution < -0.4 is 10.1 Å². The molecule has 32 heavy (non-hydrogen) atoms. The van der Waals surface area contributed by atoms with Gasteiger partial charge in [0.25, 0.3) is 0 Å². The van der Waals surface area contributed by atoms with Crippen molar-refractivity contribution in [2.45, 2.75) is 25.8 Å². The first-order valence-electron chi connectivity index (χ1n) is 10.8. The fourth-order valence-corrected chi connectivity index (χ4v) is 4.80. The van der Waals surface area contributed by atoms with E-state index in [1.165, 1.54) is 4.88 Å². The zero-order valence-electron chi connectivity index (χ0n) is 18.5. The summed E-state index contributed by atoms with van der Waals surface area (Å²) in [4.78, 5) is 30.5. The predicted molar refractivity (Wildman–Crippen MR) is 127 cm³/mol. The summed E-state index contributed by atoms with van der Waals surface area (Å²) in [7, 11) is 1.62. The highest BCUT2D eigenvalue weighted by Gasteiger charge is 2.33. The highest BCUT2D eigenvalue weighted by Crippen LogP contribution is 2.34. The number of urea groups is 1. The molecule has 1 aliphatic heterocycles. The maximum atomic E-state index is 13.4. The summed E-state index contributed by atoms with van der Waals surface area (Å²) in [6.45, 7) is 4.31. The van der Waals surface area contributed by atoms with Gasteiger partial charge in [0.05, 0.1) is 6.04 Å². The van der Waals surface area contributed by atoms with Crippen molar-refractivity contribution in [2.24, 2.45) is 0 Å². The first kappa shape index (κ1) is 24.4. The summed E-state index contributed by atoms with van der Waals surface area (Å²) in [6, 6.07) is 8.82. The molecule has 1 N–H and O–H groups in total. The Labute approximate surface area is 198 Å². The Morgan fingerprint density at radius 2 is 2.06 bits per heavy atom. The molecule has 0 bridgehead atoms. The summed E-state index contributed by atoms with van der Waals surface area (Å²) in [6.07, 6.45) is 1.47. The molecule has 1 aromatic heterocycles. The second-order valence-electron chi connectivity index (χ2n) is 7.52. The minimum Gasteiger partial charge on any atom is -0.491 e. The van der Waals surface area contributed by atoms with Gasteiger partial charge in [-0.1, -0.05) is 11.6 Å². The van der Waals surface area contributed by atoms with Crippen LogP contribution in [0.2, 0.25) is 5.02 Å². The van der Waals surface area contributed by atoms with Crippen LogP contribution in [0.1, 0.15) is 29.8 Å². The van der Waals surface area contributed by atoms with Crippen LogP contribution in [0.4, 0.5) is 4.79 Å². The van der Waals surface area contributed by atoms with Crippen molar-refractivity contribution in [1.29, 1.82) is 0 Å². The van der Waals surface area contributed by atoms with E-state index in [2.05, 4.69) is 16.8 Å². The van der Waals surface area contributed by atoms with E-state index in [0.29, 0.717) is 50.0 Å². The fraction of sp³-hybridized carbons (Fsp3) is 0.478. The Kier molecular flexibility index (Phi) is 9.20. The number of rotatable bonds is 10. The van der Waals surface area contributed by atoms with Gasteiger partial charge >= 0.3 is 6.03 Å². The lowest BCUT2D eigenvalue weighted by Gasteiger charge is -2.37. The van der Waals surface area contributed by atoms with E-state index in [1.807, 2.05) is 24.0 Å². The molecule has 0 saturated heterocycles. The average molecular weight is 480 g/mol. The quantitative estimate of drug-likeness (QED) is 0.523. The highest BCUT2D eigenvalue weighted by molar-refractivity contribution is 7.10. The minimum absolute atomic E-state index is 0.0203. The second kappa shape index (κ2) is 12.1. The number of hydrogen-bond donors (Lipinski definition) is 1. The maximum Gasteiger partial charge on any atom is 0.317 e. The van der Waals surface area contributed by atoms with Gasteiger partial charge in [-0.25, -0.2) is 4.79 Å². The summed E-state index contributed by atoms with van der Waals surface area (Å²) >= 11 is 7.67. The number of hydrogen-bond acceptors (Lipinski definition) is 5. The molecule has 0 aliphatic carbocycles. The number of thiophene rings is 1. The van der Waals surface area contributed by atoms with Gasteiger partial charge in [0, 0.05) is 43.3 Å². The molecule has 3 rings (SSSR count). The molecule has 2 heterocycles. The topological polar surface area (TPSA) is 71.1 Å². The van der Waals surface area contributed by atoms with E-state index in [9.17, 15) is 9.59 Å². The number of ether oxygens (including phenoxy) is 2. The van der Waals surface area contributed by atoms with Crippen molar-refractivity contribution in [2.75, 3.05) is 46.5 Å². The molecular formula is C23H30ClN3O4S. The van der Waals surface area contributed by atoms with Gasteiger partial charge in [0.15, 0.2) is 0 Å². The van der Waals surface area contributed by atoms with Gasteiger partial charge in [-0.15, -0.1) is 11.3 Å². The van der Waals surface area contributed by atoms with Gasteiger partial charge in [-0.2, -0.15) is 0 Å². The van der Waals surface area contributed by atoms with Gasteiger partial charge in [-0.3, -0.25) is 4.79 Å². The van der Waals surface area contributed by atoms with Crippen LogP contribution in [-0.4, -0.2) is 68.2 Å². The number of amides is 3. The van der Waals surface area contributed by atoms with Crippen molar-refractivity contribution in [3.8, 4) is 5.75 Å². The van der Waals surface area contributed by atoms with E-state index in [4.69, 9.17) is 21.1 Å². The van der Waals surface area contributed by atoms with Crippen molar-refractivity contribution >= 4 is 34.9 Å². The minimum atomic E-state index is -0.237. The molecule has 1 aromatic carbocycles. The normalized spacial score (nSPS) is 15.2. The molecule has 7 nitrogen and oxygen atoms in total. The second-order valence-corrected chi connectivity index (χ2v) is 8.96. The van der Waals surface area contributed by atoms with Gasteiger partial charge in [-0.05, 0) is 61.0 Å². The molecule has 3 amide bonds. The Hall–Kier alpha value is -2.29. The Morgan fingerprint density at radius 1 is 1.28 bits per heavy atom. The third kappa shape index (κ3) is 6.37.